The molecule has 2 heterocycles. The van der Waals surface area contributed by atoms with Crippen LogP contribution in [0, 0.1) is 10.1 Å². The average molecular weight is 383 g/mol. The van der Waals surface area contributed by atoms with Crippen LogP contribution in [0.2, 0.25) is 0 Å². The number of pyridine rings is 1. The van der Waals surface area contributed by atoms with Gasteiger partial charge in [-0.3, -0.25) is 14.9 Å². The molecule has 0 radical (unpaired) electrons. The van der Waals surface area contributed by atoms with Crippen molar-refractivity contribution in [2.24, 2.45) is 0 Å². The molecule has 0 aliphatic carbocycles. The van der Waals surface area contributed by atoms with E-state index in [4.69, 9.17) is 0 Å². The third-order valence-corrected chi connectivity index (χ3v) is 5.02. The molecule has 2 aromatic rings. The summed E-state index contributed by atoms with van der Waals surface area (Å²) < 4.78 is 0. The number of nitrogens with one attached hydrogen (secondary N) is 1. The number of nitrogens with zero attached hydrogens (tertiary/aromatic N) is 4. The van der Waals surface area contributed by atoms with Crippen LogP contribution in [0.25, 0.3) is 0 Å². The second kappa shape index (κ2) is 8.69. The Morgan fingerprint density at radius 1 is 1.21 bits per heavy atom. The molecule has 28 heavy (non-hydrogen) atoms. The molecule has 1 N–H and O–H groups in total. The molecule has 1 fully saturated rings. The highest BCUT2D eigenvalue weighted by molar-refractivity contribution is 5.96. The normalized spacial score (nSPS) is 15.2. The first-order chi connectivity index (χ1) is 13.5. The molecular weight excluding hydrogens is 358 g/mol. The Bertz CT molecular complexity index is 835. The van der Waals surface area contributed by atoms with Crippen molar-refractivity contribution in [3.8, 4) is 0 Å². The van der Waals surface area contributed by atoms with Crippen molar-refractivity contribution in [1.82, 2.24) is 10.3 Å². The van der Waals surface area contributed by atoms with Crippen molar-refractivity contribution in [1.29, 1.82) is 0 Å². The van der Waals surface area contributed by atoms with Crippen LogP contribution in [-0.4, -0.2) is 48.0 Å². The van der Waals surface area contributed by atoms with E-state index < -0.39 is 4.92 Å². The number of rotatable bonds is 6. The van der Waals surface area contributed by atoms with E-state index in [0.717, 1.165) is 25.3 Å². The van der Waals surface area contributed by atoms with Crippen LogP contribution in [0.4, 0.5) is 17.2 Å². The van der Waals surface area contributed by atoms with E-state index in [-0.39, 0.29) is 17.6 Å². The van der Waals surface area contributed by atoms with E-state index >= 15 is 0 Å². The molecule has 0 saturated carbocycles. The lowest BCUT2D eigenvalue weighted by Gasteiger charge is -2.36. The minimum absolute atomic E-state index is 0.0194. The van der Waals surface area contributed by atoms with Gasteiger partial charge in [0.15, 0.2) is 0 Å². The summed E-state index contributed by atoms with van der Waals surface area (Å²) >= 11 is 0. The van der Waals surface area contributed by atoms with Crippen molar-refractivity contribution in [3.05, 3.63) is 58.3 Å². The van der Waals surface area contributed by atoms with Gasteiger partial charge in [0.1, 0.15) is 11.5 Å². The molecule has 1 unspecified atom stereocenters. The maximum Gasteiger partial charge on any atom is 0.293 e. The molecule has 148 valence electrons. The third kappa shape index (κ3) is 4.39. The smallest absolute Gasteiger partial charge is 0.293 e. The number of carbonyl (C=O) groups excluding carboxylic acids is 1. The van der Waals surface area contributed by atoms with Crippen molar-refractivity contribution >= 4 is 23.1 Å². The van der Waals surface area contributed by atoms with Gasteiger partial charge >= 0.3 is 0 Å². The van der Waals surface area contributed by atoms with E-state index in [1.807, 2.05) is 36.9 Å². The fraction of sp³-hybridized carbons (Fsp3) is 0.400. The van der Waals surface area contributed by atoms with Crippen molar-refractivity contribution in [2.75, 3.05) is 36.0 Å². The van der Waals surface area contributed by atoms with Gasteiger partial charge in [-0.1, -0.05) is 13.0 Å². The van der Waals surface area contributed by atoms with E-state index in [2.05, 4.69) is 15.2 Å². The fourth-order valence-electron chi connectivity index (χ4n) is 3.20. The predicted octanol–water partition coefficient (Wildman–Crippen LogP) is 2.84. The minimum Gasteiger partial charge on any atom is -0.362 e. The van der Waals surface area contributed by atoms with Crippen LogP contribution in [0.5, 0.6) is 0 Å². The Balaban J connectivity index is 1.75. The molecule has 1 aromatic carbocycles. The van der Waals surface area contributed by atoms with E-state index in [1.54, 1.807) is 18.3 Å². The minimum atomic E-state index is -0.416. The Morgan fingerprint density at radius 3 is 2.54 bits per heavy atom. The molecule has 1 aliphatic heterocycles. The molecule has 0 spiro atoms. The number of nitro groups is 1. The number of hydrogen-bond acceptors (Lipinski definition) is 6. The van der Waals surface area contributed by atoms with Gasteiger partial charge in [0, 0.05) is 50.0 Å². The van der Waals surface area contributed by atoms with Gasteiger partial charge in [-0.05, 0) is 37.6 Å². The standard InChI is InChI=1S/C20H25N5O3/c1-3-15(2)22-20(26)16-7-8-17(18(14-16)25(27)28)23-10-12-24(13-11-23)19-6-4-5-9-21-19/h4-9,14-15H,3,10-13H2,1-2H3,(H,22,26). The summed E-state index contributed by atoms with van der Waals surface area (Å²) in [6.07, 6.45) is 2.56. The second-order valence-electron chi connectivity index (χ2n) is 6.91. The highest BCUT2D eigenvalue weighted by Gasteiger charge is 2.25. The van der Waals surface area contributed by atoms with Gasteiger partial charge in [0.25, 0.3) is 11.6 Å². The first kappa shape index (κ1) is 19.6. The Hall–Kier alpha value is -3.16. The van der Waals surface area contributed by atoms with Crippen molar-refractivity contribution < 1.29 is 9.72 Å². The van der Waals surface area contributed by atoms with Crippen LogP contribution < -0.4 is 15.1 Å². The molecule has 1 atom stereocenters. The Kier molecular flexibility index (Phi) is 6.08. The molecular formula is C20H25N5O3. The number of anilines is 2. The molecule has 1 aliphatic rings. The average Bonchev–Trinajstić information content (AvgIpc) is 2.74. The summed E-state index contributed by atoms with van der Waals surface area (Å²) in [6, 6.07) is 10.5. The first-order valence-corrected chi connectivity index (χ1v) is 9.49. The molecule has 8 heteroatoms. The summed E-state index contributed by atoms with van der Waals surface area (Å²) in [5, 5.41) is 14.5. The lowest BCUT2D eigenvalue weighted by Crippen LogP contribution is -2.47. The van der Waals surface area contributed by atoms with Crippen LogP contribution in [0.15, 0.2) is 42.6 Å². The van der Waals surface area contributed by atoms with E-state index in [9.17, 15) is 14.9 Å². The summed E-state index contributed by atoms with van der Waals surface area (Å²) in [4.78, 5) is 32.0. The number of hydrogen-bond donors (Lipinski definition) is 1. The summed E-state index contributed by atoms with van der Waals surface area (Å²) in [6.45, 7) is 6.63. The van der Waals surface area contributed by atoms with Crippen molar-refractivity contribution in [3.63, 3.8) is 0 Å². The van der Waals surface area contributed by atoms with Crippen LogP contribution >= 0.6 is 0 Å². The number of amides is 1. The summed E-state index contributed by atoms with van der Waals surface area (Å²) in [5.41, 5.74) is 0.816. The largest absolute Gasteiger partial charge is 0.362 e. The molecule has 1 amide bonds. The van der Waals surface area contributed by atoms with Crippen LogP contribution in [-0.2, 0) is 0 Å². The number of piperazine rings is 1. The zero-order valence-electron chi connectivity index (χ0n) is 16.2. The maximum atomic E-state index is 12.3. The molecule has 8 nitrogen and oxygen atoms in total. The molecule has 0 bridgehead atoms. The highest BCUT2D eigenvalue weighted by atomic mass is 16.6. The van der Waals surface area contributed by atoms with Gasteiger partial charge in [0.05, 0.1) is 4.92 Å². The monoisotopic (exact) mass is 383 g/mol. The van der Waals surface area contributed by atoms with Crippen LogP contribution in [0.3, 0.4) is 0 Å². The predicted molar refractivity (Wildman–Crippen MR) is 109 cm³/mol. The Labute approximate surface area is 164 Å². The van der Waals surface area contributed by atoms with Gasteiger partial charge in [-0.2, -0.15) is 0 Å². The van der Waals surface area contributed by atoms with Crippen molar-refractivity contribution in [2.45, 2.75) is 26.3 Å². The van der Waals surface area contributed by atoms with E-state index in [0.29, 0.717) is 24.3 Å². The maximum absolute atomic E-state index is 12.3. The molecule has 1 saturated heterocycles. The SMILES string of the molecule is CCC(C)NC(=O)c1ccc(N2CCN(c3ccccn3)CC2)c([N+](=O)[O-])c1. The van der Waals surface area contributed by atoms with Gasteiger partial charge in [-0.15, -0.1) is 0 Å². The summed E-state index contributed by atoms with van der Waals surface area (Å²) in [5.74, 6) is 0.623. The Morgan fingerprint density at radius 2 is 1.93 bits per heavy atom. The zero-order valence-corrected chi connectivity index (χ0v) is 16.2. The third-order valence-electron chi connectivity index (χ3n) is 5.02. The number of aromatic nitrogens is 1. The lowest BCUT2D eigenvalue weighted by atomic mass is 10.1. The zero-order chi connectivity index (χ0) is 20.1. The quantitative estimate of drug-likeness (QED) is 0.609. The van der Waals surface area contributed by atoms with E-state index in [1.165, 1.54) is 6.07 Å². The first-order valence-electron chi connectivity index (χ1n) is 9.49. The highest BCUT2D eigenvalue weighted by Crippen LogP contribution is 2.30. The fourth-order valence-corrected chi connectivity index (χ4v) is 3.20. The second-order valence-corrected chi connectivity index (χ2v) is 6.91. The van der Waals surface area contributed by atoms with Crippen LogP contribution in [0.1, 0.15) is 30.6 Å². The molecule has 3 rings (SSSR count). The number of benzene rings is 1. The summed E-state index contributed by atoms with van der Waals surface area (Å²) in [7, 11) is 0. The van der Waals surface area contributed by atoms with Gasteiger partial charge < -0.3 is 15.1 Å². The lowest BCUT2D eigenvalue weighted by molar-refractivity contribution is -0.384. The number of carbonyl (C=O) groups is 1. The molecule has 1 aromatic heterocycles. The van der Waals surface area contributed by atoms with Gasteiger partial charge in [0.2, 0.25) is 0 Å². The topological polar surface area (TPSA) is 91.6 Å². The number of nitro benzene ring substituents is 1. The van der Waals surface area contributed by atoms with Gasteiger partial charge in [-0.25, -0.2) is 4.98 Å².